The van der Waals surface area contributed by atoms with E-state index in [-0.39, 0.29) is 17.1 Å². The SMILES string of the molecule is O=Nc1c(S(=O)(=O)[O-])cc2cc(S(=O)(=O)[O-])cc(O)c2c1O.[Cu+2]. The van der Waals surface area contributed by atoms with Crippen LogP contribution in [0.3, 0.4) is 0 Å². The van der Waals surface area contributed by atoms with Gasteiger partial charge in [0.1, 0.15) is 26.0 Å². The van der Waals surface area contributed by atoms with Crippen LogP contribution in [0.1, 0.15) is 0 Å². The van der Waals surface area contributed by atoms with Gasteiger partial charge in [0.2, 0.25) is 0 Å². The van der Waals surface area contributed by atoms with E-state index in [4.69, 9.17) is 0 Å². The van der Waals surface area contributed by atoms with Crippen molar-refractivity contribution in [3.05, 3.63) is 23.1 Å². The fourth-order valence-corrected chi connectivity index (χ4v) is 3.03. The summed E-state index contributed by atoms with van der Waals surface area (Å²) in [5, 5.41) is 20.7. The van der Waals surface area contributed by atoms with Crippen LogP contribution in [0.25, 0.3) is 10.8 Å². The summed E-state index contributed by atoms with van der Waals surface area (Å²) in [5.74, 6) is -2.04. The number of fused-ring (bicyclic) bond motifs is 1. The second-order valence-electron chi connectivity index (χ2n) is 4.11. The summed E-state index contributed by atoms with van der Waals surface area (Å²) >= 11 is 0. The average Bonchev–Trinajstić information content (AvgIpc) is 2.35. The number of nitroso groups, excluding NO2 is 1. The van der Waals surface area contributed by atoms with E-state index in [1.165, 1.54) is 0 Å². The molecule has 0 bridgehead atoms. The van der Waals surface area contributed by atoms with Crippen molar-refractivity contribution in [2.75, 3.05) is 0 Å². The predicted octanol–water partition coefficient (Wildman–Crippen LogP) is 0.455. The largest absolute Gasteiger partial charge is 2.00 e. The molecule has 0 aliphatic heterocycles. The van der Waals surface area contributed by atoms with Crippen LogP contribution in [0.2, 0.25) is 0 Å². The Kier molecular flexibility index (Phi) is 5.06. The molecule has 0 aliphatic carbocycles. The first-order valence-corrected chi connectivity index (χ1v) is 8.06. The molecule has 0 saturated heterocycles. The monoisotopic (exact) mass is 410 g/mol. The van der Waals surface area contributed by atoms with Crippen LogP contribution in [-0.2, 0) is 37.3 Å². The maximum atomic E-state index is 11.1. The van der Waals surface area contributed by atoms with Gasteiger partial charge in [-0.1, -0.05) is 0 Å². The third-order valence-electron chi connectivity index (χ3n) is 2.75. The molecule has 0 atom stereocenters. The van der Waals surface area contributed by atoms with E-state index >= 15 is 0 Å². The van der Waals surface area contributed by atoms with Crippen LogP contribution < -0.4 is 0 Å². The number of aromatic hydroxyl groups is 2. The molecule has 1 radical (unpaired) electrons. The summed E-state index contributed by atoms with van der Waals surface area (Å²) in [7, 11) is -10.2. The normalized spacial score (nSPS) is 11.9. The standard InChI is InChI=1S/C10H7NO9S2.Cu/c12-6-3-5(21(15,16)17)1-4-2-7(22(18,19)20)9(11-14)10(13)8(4)6;/h1-3,12-13H,(H,15,16,17)(H,18,19,20);/q;+2/p-2. The molecule has 0 heterocycles. The summed E-state index contributed by atoms with van der Waals surface area (Å²) in [4.78, 5) is 8.50. The van der Waals surface area contributed by atoms with Gasteiger partial charge in [-0.25, -0.2) is 16.8 Å². The molecule has 127 valence electrons. The zero-order valence-corrected chi connectivity index (χ0v) is 13.1. The summed E-state index contributed by atoms with van der Waals surface area (Å²) in [6.07, 6.45) is 0. The van der Waals surface area contributed by atoms with E-state index in [1.807, 2.05) is 0 Å². The molecule has 0 unspecified atom stereocenters. The molecule has 23 heavy (non-hydrogen) atoms. The van der Waals surface area contributed by atoms with Crippen molar-refractivity contribution in [1.29, 1.82) is 0 Å². The van der Waals surface area contributed by atoms with Crippen molar-refractivity contribution >= 4 is 36.7 Å². The van der Waals surface area contributed by atoms with Crippen LogP contribution in [0, 0.1) is 4.91 Å². The first-order chi connectivity index (χ1) is 9.96. The molecule has 0 amide bonds. The average molecular weight is 411 g/mol. The van der Waals surface area contributed by atoms with E-state index in [1.54, 1.807) is 0 Å². The van der Waals surface area contributed by atoms with Crippen molar-refractivity contribution in [3.63, 3.8) is 0 Å². The molecule has 13 heteroatoms. The molecule has 10 nitrogen and oxygen atoms in total. The number of benzene rings is 2. The fraction of sp³-hybridized carbons (Fsp3) is 0. The number of nitrogens with zero attached hydrogens (tertiary/aromatic N) is 1. The quantitative estimate of drug-likeness (QED) is 0.411. The minimum Gasteiger partial charge on any atom is -0.744 e. The van der Waals surface area contributed by atoms with Gasteiger partial charge in [0.05, 0.1) is 15.2 Å². The number of phenols is 2. The van der Waals surface area contributed by atoms with Gasteiger partial charge in [-0.05, 0) is 28.8 Å². The van der Waals surface area contributed by atoms with Crippen molar-refractivity contribution < 1.29 is 53.2 Å². The summed E-state index contributed by atoms with van der Waals surface area (Å²) < 4.78 is 66.0. The molecule has 0 spiro atoms. The molecule has 2 aromatic rings. The van der Waals surface area contributed by atoms with E-state index in [0.29, 0.717) is 18.2 Å². The second kappa shape index (κ2) is 6.03. The van der Waals surface area contributed by atoms with Crippen LogP contribution in [0.15, 0.2) is 33.2 Å². The third-order valence-corrected chi connectivity index (χ3v) is 4.41. The first-order valence-electron chi connectivity index (χ1n) is 5.24. The van der Waals surface area contributed by atoms with Gasteiger partial charge >= 0.3 is 17.1 Å². The van der Waals surface area contributed by atoms with Gasteiger partial charge in [-0.3, -0.25) is 0 Å². The molecule has 0 fully saturated rings. The zero-order valence-electron chi connectivity index (χ0n) is 10.5. The Morgan fingerprint density at radius 1 is 0.957 bits per heavy atom. The molecule has 2 rings (SSSR count). The van der Waals surface area contributed by atoms with E-state index in [9.17, 15) is 41.1 Å². The zero-order chi connectivity index (χ0) is 16.9. The number of hydrogen-bond acceptors (Lipinski definition) is 10. The van der Waals surface area contributed by atoms with Gasteiger partial charge in [0.15, 0.2) is 11.4 Å². The number of phenolic OH excluding ortho intramolecular Hbond substituents is 2. The molecule has 2 aromatic carbocycles. The summed E-state index contributed by atoms with van der Waals surface area (Å²) in [5.41, 5.74) is -1.13. The minimum absolute atomic E-state index is 0. The van der Waals surface area contributed by atoms with E-state index in [0.717, 1.165) is 0 Å². The van der Waals surface area contributed by atoms with Gasteiger partial charge in [-0.2, -0.15) is 0 Å². The molecule has 2 N–H and O–H groups in total. The maximum absolute atomic E-state index is 11.1. The Morgan fingerprint density at radius 3 is 1.96 bits per heavy atom. The fourth-order valence-electron chi connectivity index (χ4n) is 1.86. The van der Waals surface area contributed by atoms with Gasteiger partial charge in [0.25, 0.3) is 0 Å². The Bertz CT molecular complexity index is 1010. The van der Waals surface area contributed by atoms with Crippen molar-refractivity contribution in [3.8, 4) is 11.5 Å². The predicted molar refractivity (Wildman–Crippen MR) is 68.7 cm³/mol. The Balaban J connectivity index is 0.00000264. The molecular weight excluding hydrogens is 406 g/mol. The first kappa shape index (κ1) is 19.3. The van der Waals surface area contributed by atoms with Gasteiger partial charge in [0, 0.05) is 0 Å². The summed E-state index contributed by atoms with van der Waals surface area (Å²) in [6.45, 7) is 0. The minimum atomic E-state index is -5.23. The molecular formula is C10H5CuNO9S2. The second-order valence-corrected chi connectivity index (χ2v) is 6.84. The summed E-state index contributed by atoms with van der Waals surface area (Å²) in [6, 6.07) is 1.67. The Morgan fingerprint density at radius 2 is 1.52 bits per heavy atom. The van der Waals surface area contributed by atoms with Crippen molar-refractivity contribution in [1.82, 2.24) is 0 Å². The molecule has 0 aliphatic rings. The number of rotatable bonds is 3. The van der Waals surface area contributed by atoms with Gasteiger partial charge in [-0.15, -0.1) is 4.91 Å². The number of hydrogen-bond donors (Lipinski definition) is 2. The topological polar surface area (TPSA) is 184 Å². The van der Waals surface area contributed by atoms with Crippen molar-refractivity contribution in [2.45, 2.75) is 9.79 Å². The smallest absolute Gasteiger partial charge is 0.744 e. The molecule has 0 aromatic heterocycles. The van der Waals surface area contributed by atoms with E-state index < -0.39 is 58.0 Å². The van der Waals surface area contributed by atoms with Crippen LogP contribution in [0.4, 0.5) is 5.69 Å². The van der Waals surface area contributed by atoms with Crippen LogP contribution in [-0.4, -0.2) is 36.2 Å². The van der Waals surface area contributed by atoms with Gasteiger partial charge < -0.3 is 19.3 Å². The Labute approximate surface area is 139 Å². The Hall–Kier alpha value is -1.76. The van der Waals surface area contributed by atoms with Crippen LogP contribution >= 0.6 is 0 Å². The molecule has 0 saturated carbocycles. The van der Waals surface area contributed by atoms with Crippen LogP contribution in [0.5, 0.6) is 11.5 Å². The van der Waals surface area contributed by atoms with E-state index in [2.05, 4.69) is 5.18 Å². The third kappa shape index (κ3) is 3.44. The maximum Gasteiger partial charge on any atom is 2.00 e. The van der Waals surface area contributed by atoms with Crippen molar-refractivity contribution in [2.24, 2.45) is 5.18 Å².